The van der Waals surface area contributed by atoms with Gasteiger partial charge in [0.1, 0.15) is 5.75 Å². The average molecular weight is 458 g/mol. The van der Waals surface area contributed by atoms with Crippen molar-refractivity contribution >= 4 is 27.5 Å². The molecule has 1 atom stereocenters. The monoisotopic (exact) mass is 457 g/mol. The van der Waals surface area contributed by atoms with Crippen LogP contribution in [0.25, 0.3) is 0 Å². The van der Waals surface area contributed by atoms with Crippen molar-refractivity contribution in [1.82, 2.24) is 9.21 Å². The lowest BCUT2D eigenvalue weighted by atomic mass is 10.0. The van der Waals surface area contributed by atoms with Gasteiger partial charge in [0.2, 0.25) is 10.0 Å². The van der Waals surface area contributed by atoms with E-state index >= 15 is 0 Å². The number of hydrogen-bond donors (Lipinski definition) is 1. The molecule has 2 aliphatic rings. The molecule has 170 valence electrons. The van der Waals surface area contributed by atoms with Crippen LogP contribution in [0.15, 0.2) is 41.3 Å². The van der Waals surface area contributed by atoms with E-state index in [9.17, 15) is 18.0 Å². The van der Waals surface area contributed by atoms with Crippen LogP contribution in [-0.2, 0) is 14.8 Å². The molecule has 0 unspecified atom stereocenters. The van der Waals surface area contributed by atoms with Gasteiger partial charge in [0.25, 0.3) is 11.8 Å². The first-order valence-corrected chi connectivity index (χ1v) is 12.1. The summed E-state index contributed by atoms with van der Waals surface area (Å²) < 4.78 is 33.4. The van der Waals surface area contributed by atoms with E-state index < -0.39 is 16.1 Å². The number of carbonyl (C=O) groups is 2. The number of amides is 2. The fourth-order valence-electron chi connectivity index (χ4n) is 4.06. The van der Waals surface area contributed by atoms with Gasteiger partial charge in [-0.3, -0.25) is 9.59 Å². The third-order valence-electron chi connectivity index (χ3n) is 5.92. The zero-order valence-electron chi connectivity index (χ0n) is 18.4. The highest BCUT2D eigenvalue weighted by atomic mass is 32.2. The van der Waals surface area contributed by atoms with Crippen molar-refractivity contribution in [3.8, 4) is 5.75 Å². The molecule has 0 bridgehead atoms. The summed E-state index contributed by atoms with van der Waals surface area (Å²) in [6, 6.07) is 10.2. The Labute approximate surface area is 188 Å². The van der Waals surface area contributed by atoms with Crippen LogP contribution >= 0.6 is 0 Å². The Morgan fingerprint density at radius 2 is 1.81 bits per heavy atom. The number of aryl methyl sites for hydroxylation is 2. The van der Waals surface area contributed by atoms with Crippen LogP contribution in [0.4, 0.5) is 5.69 Å². The molecule has 2 amide bonds. The highest BCUT2D eigenvalue weighted by Crippen LogP contribution is 2.33. The lowest BCUT2D eigenvalue weighted by Gasteiger charge is -2.34. The van der Waals surface area contributed by atoms with Gasteiger partial charge < -0.3 is 15.0 Å². The van der Waals surface area contributed by atoms with Crippen LogP contribution < -0.4 is 10.1 Å². The summed E-state index contributed by atoms with van der Waals surface area (Å²) in [7, 11) is -3.77. The van der Waals surface area contributed by atoms with Crippen LogP contribution in [0, 0.1) is 13.8 Å². The largest absolute Gasteiger partial charge is 0.478 e. The molecule has 2 aromatic carbocycles. The van der Waals surface area contributed by atoms with E-state index in [2.05, 4.69) is 5.32 Å². The normalized spacial score (nSPS) is 19.2. The minimum atomic E-state index is -3.77. The second-order valence-corrected chi connectivity index (χ2v) is 10.1. The Balaban J connectivity index is 1.47. The molecule has 2 aliphatic heterocycles. The van der Waals surface area contributed by atoms with Crippen LogP contribution in [-0.4, -0.2) is 61.7 Å². The number of nitrogens with one attached hydrogen (secondary N) is 1. The quantitative estimate of drug-likeness (QED) is 0.761. The Morgan fingerprint density at radius 3 is 2.47 bits per heavy atom. The van der Waals surface area contributed by atoms with Crippen molar-refractivity contribution in [1.29, 1.82) is 0 Å². The van der Waals surface area contributed by atoms with Gasteiger partial charge in [0, 0.05) is 31.7 Å². The smallest absolute Gasteiger partial charge is 0.265 e. The van der Waals surface area contributed by atoms with Gasteiger partial charge in [-0.2, -0.15) is 4.31 Å². The first-order chi connectivity index (χ1) is 15.2. The maximum absolute atomic E-state index is 13.2. The molecular weight excluding hydrogens is 430 g/mol. The number of piperazine rings is 1. The molecule has 8 nitrogen and oxygen atoms in total. The summed E-state index contributed by atoms with van der Waals surface area (Å²) in [4.78, 5) is 26.8. The second kappa shape index (κ2) is 8.55. The summed E-state index contributed by atoms with van der Waals surface area (Å²) in [6.07, 6.45) is -0.0519. The van der Waals surface area contributed by atoms with Gasteiger partial charge in [-0.1, -0.05) is 24.6 Å². The minimum absolute atomic E-state index is 0.0846. The van der Waals surface area contributed by atoms with Crippen molar-refractivity contribution in [2.45, 2.75) is 38.2 Å². The number of sulfonamides is 1. The summed E-state index contributed by atoms with van der Waals surface area (Å²) in [5, 5.41) is 2.73. The summed E-state index contributed by atoms with van der Waals surface area (Å²) in [6.45, 7) is 6.77. The summed E-state index contributed by atoms with van der Waals surface area (Å²) in [5.74, 6) is 0.0889. The molecule has 1 saturated heterocycles. The number of carbonyl (C=O) groups excluding carboxylic acids is 2. The summed E-state index contributed by atoms with van der Waals surface area (Å²) in [5.41, 5.74) is 2.99. The second-order valence-electron chi connectivity index (χ2n) is 8.18. The zero-order valence-corrected chi connectivity index (χ0v) is 19.2. The fraction of sp³-hybridized carbons (Fsp3) is 0.391. The molecule has 9 heteroatoms. The van der Waals surface area contributed by atoms with E-state index in [4.69, 9.17) is 4.74 Å². The Hall–Kier alpha value is -2.91. The zero-order chi connectivity index (χ0) is 23.0. The van der Waals surface area contributed by atoms with E-state index in [1.54, 1.807) is 11.0 Å². The maximum atomic E-state index is 13.2. The number of hydrogen-bond acceptors (Lipinski definition) is 5. The van der Waals surface area contributed by atoms with Gasteiger partial charge in [-0.05, 0) is 50.1 Å². The molecule has 1 fully saturated rings. The molecule has 1 N–H and O–H groups in total. The van der Waals surface area contributed by atoms with Crippen molar-refractivity contribution in [2.75, 3.05) is 31.5 Å². The van der Waals surface area contributed by atoms with Crippen molar-refractivity contribution < 1.29 is 22.7 Å². The van der Waals surface area contributed by atoms with E-state index in [-0.39, 0.29) is 29.8 Å². The fourth-order valence-corrected chi connectivity index (χ4v) is 5.51. The lowest BCUT2D eigenvalue weighted by Crippen LogP contribution is -2.50. The minimum Gasteiger partial charge on any atom is -0.478 e. The van der Waals surface area contributed by atoms with E-state index in [0.29, 0.717) is 36.5 Å². The number of ether oxygens (including phenoxy) is 1. The third-order valence-corrected chi connectivity index (χ3v) is 7.81. The first-order valence-electron chi connectivity index (χ1n) is 10.7. The number of fused-ring (bicyclic) bond motifs is 1. The molecule has 0 aromatic heterocycles. The molecule has 2 aromatic rings. The highest BCUT2D eigenvalue weighted by Gasteiger charge is 2.33. The third kappa shape index (κ3) is 4.10. The van der Waals surface area contributed by atoms with E-state index in [0.717, 1.165) is 11.1 Å². The van der Waals surface area contributed by atoms with Gasteiger partial charge in [0.05, 0.1) is 10.6 Å². The van der Waals surface area contributed by atoms with Crippen LogP contribution in [0.3, 0.4) is 0 Å². The standard InChI is InChI=1S/C23H27N3O5S/c1-4-20-22(27)24-19-14-17(6-8-21(19)31-20)32(29,30)26-11-9-25(10-12-26)23(28)18-7-5-15(2)13-16(18)3/h5-8,13-14,20H,4,9-12H2,1-3H3,(H,24,27)/t20-/m0/s1. The van der Waals surface area contributed by atoms with Crippen LogP contribution in [0.2, 0.25) is 0 Å². The number of benzene rings is 2. The molecule has 0 saturated carbocycles. The van der Waals surface area contributed by atoms with Crippen LogP contribution in [0.1, 0.15) is 34.8 Å². The highest BCUT2D eigenvalue weighted by molar-refractivity contribution is 7.89. The predicted molar refractivity (Wildman–Crippen MR) is 120 cm³/mol. The average Bonchev–Trinajstić information content (AvgIpc) is 2.78. The lowest BCUT2D eigenvalue weighted by molar-refractivity contribution is -0.123. The molecule has 32 heavy (non-hydrogen) atoms. The molecule has 0 spiro atoms. The van der Waals surface area contributed by atoms with Gasteiger partial charge in [-0.15, -0.1) is 0 Å². The molecule has 2 heterocycles. The van der Waals surface area contributed by atoms with Crippen molar-refractivity contribution in [2.24, 2.45) is 0 Å². The molecule has 0 aliphatic carbocycles. The van der Waals surface area contributed by atoms with E-state index in [1.807, 2.05) is 39.0 Å². The number of rotatable bonds is 4. The SMILES string of the molecule is CC[C@@H]1Oc2ccc(S(=O)(=O)N3CCN(C(=O)c4ccc(C)cc4C)CC3)cc2NC1=O. The van der Waals surface area contributed by atoms with Crippen molar-refractivity contribution in [3.05, 3.63) is 53.1 Å². The predicted octanol–water partition coefficient (Wildman–Crippen LogP) is 2.56. The Bertz CT molecular complexity index is 1170. The maximum Gasteiger partial charge on any atom is 0.265 e. The molecule has 4 rings (SSSR count). The number of nitrogens with zero attached hydrogens (tertiary/aromatic N) is 2. The topological polar surface area (TPSA) is 96.0 Å². The van der Waals surface area contributed by atoms with Crippen LogP contribution in [0.5, 0.6) is 5.75 Å². The van der Waals surface area contributed by atoms with Gasteiger partial charge in [0.15, 0.2) is 6.10 Å². The summed E-state index contributed by atoms with van der Waals surface area (Å²) >= 11 is 0. The van der Waals surface area contributed by atoms with Gasteiger partial charge >= 0.3 is 0 Å². The first kappa shape index (κ1) is 22.3. The van der Waals surface area contributed by atoms with E-state index in [1.165, 1.54) is 16.4 Å². The van der Waals surface area contributed by atoms with Crippen molar-refractivity contribution in [3.63, 3.8) is 0 Å². The number of anilines is 1. The molecule has 0 radical (unpaired) electrons. The Morgan fingerprint density at radius 1 is 1.09 bits per heavy atom. The molecular formula is C23H27N3O5S. The van der Waals surface area contributed by atoms with Gasteiger partial charge in [-0.25, -0.2) is 8.42 Å². The Kier molecular flexibility index (Phi) is 5.96.